The quantitative estimate of drug-likeness (QED) is 0.784. The number of nitrogens with one attached hydrogen (secondary N) is 1. The van der Waals surface area contributed by atoms with Gasteiger partial charge in [0.25, 0.3) is 0 Å². The predicted molar refractivity (Wildman–Crippen MR) is 76.7 cm³/mol. The van der Waals surface area contributed by atoms with Crippen LogP contribution in [0.1, 0.15) is 54.3 Å². The number of thiophene rings is 1. The third-order valence-electron chi connectivity index (χ3n) is 3.98. The summed E-state index contributed by atoms with van der Waals surface area (Å²) in [4.78, 5) is 2.92. The van der Waals surface area contributed by atoms with E-state index in [0.717, 1.165) is 18.5 Å². The van der Waals surface area contributed by atoms with Gasteiger partial charge in [-0.1, -0.05) is 19.8 Å². The second-order valence-corrected chi connectivity index (χ2v) is 7.09. The van der Waals surface area contributed by atoms with Crippen LogP contribution in [0, 0.1) is 19.8 Å². The second-order valence-electron chi connectivity index (χ2n) is 5.63. The van der Waals surface area contributed by atoms with E-state index < -0.39 is 0 Å². The van der Waals surface area contributed by atoms with Crippen LogP contribution in [0.15, 0.2) is 6.07 Å². The average Bonchev–Trinajstić information content (AvgIpc) is 2.48. The lowest BCUT2D eigenvalue weighted by Crippen LogP contribution is -2.28. The van der Waals surface area contributed by atoms with E-state index >= 15 is 0 Å². The van der Waals surface area contributed by atoms with Gasteiger partial charge in [-0.05, 0) is 50.7 Å². The van der Waals surface area contributed by atoms with E-state index in [9.17, 15) is 0 Å². The van der Waals surface area contributed by atoms with Crippen molar-refractivity contribution in [1.29, 1.82) is 0 Å². The molecule has 2 rings (SSSR count). The van der Waals surface area contributed by atoms with E-state index in [4.69, 9.17) is 0 Å². The van der Waals surface area contributed by atoms with Gasteiger partial charge in [0.1, 0.15) is 0 Å². The van der Waals surface area contributed by atoms with Gasteiger partial charge in [-0.3, -0.25) is 0 Å². The molecule has 1 heterocycles. The molecule has 1 aromatic heterocycles. The SMILES string of the molecule is Cc1cc(CNC2CCCC(C)CC2)c(C)s1. The first-order chi connectivity index (χ1) is 8.15. The molecule has 0 aliphatic heterocycles. The summed E-state index contributed by atoms with van der Waals surface area (Å²) in [5, 5.41) is 3.76. The highest BCUT2D eigenvalue weighted by Gasteiger charge is 2.15. The summed E-state index contributed by atoms with van der Waals surface area (Å²) in [7, 11) is 0. The zero-order valence-electron chi connectivity index (χ0n) is 11.4. The Kier molecular flexibility index (Phi) is 4.63. The molecule has 0 bridgehead atoms. The van der Waals surface area contributed by atoms with Gasteiger partial charge in [-0.2, -0.15) is 0 Å². The smallest absolute Gasteiger partial charge is 0.0219 e. The average molecular weight is 251 g/mol. The molecule has 17 heavy (non-hydrogen) atoms. The van der Waals surface area contributed by atoms with Crippen LogP contribution in [0.2, 0.25) is 0 Å². The Bertz CT molecular complexity index is 356. The standard InChI is InChI=1S/C15H25NS/c1-11-5-4-6-15(8-7-11)16-10-14-9-12(2)17-13(14)3/h9,11,15-16H,4-8,10H2,1-3H3. The van der Waals surface area contributed by atoms with Crippen LogP contribution in [0.25, 0.3) is 0 Å². The maximum Gasteiger partial charge on any atom is 0.0219 e. The molecule has 96 valence electrons. The largest absolute Gasteiger partial charge is 0.310 e. The summed E-state index contributed by atoms with van der Waals surface area (Å²) < 4.78 is 0. The monoisotopic (exact) mass is 251 g/mol. The molecular formula is C15H25NS. The summed E-state index contributed by atoms with van der Waals surface area (Å²) in [6, 6.07) is 3.09. The van der Waals surface area contributed by atoms with Crippen LogP contribution in [0.5, 0.6) is 0 Å². The molecule has 2 heteroatoms. The molecule has 1 aliphatic carbocycles. The number of aryl methyl sites for hydroxylation is 2. The fourth-order valence-electron chi connectivity index (χ4n) is 2.80. The Morgan fingerprint density at radius 3 is 2.76 bits per heavy atom. The fraction of sp³-hybridized carbons (Fsp3) is 0.733. The van der Waals surface area contributed by atoms with Gasteiger partial charge in [-0.15, -0.1) is 11.3 Å². The third kappa shape index (κ3) is 3.82. The minimum Gasteiger partial charge on any atom is -0.310 e. The highest BCUT2D eigenvalue weighted by atomic mass is 32.1. The van der Waals surface area contributed by atoms with Crippen LogP contribution in [0.3, 0.4) is 0 Å². The Balaban J connectivity index is 1.83. The summed E-state index contributed by atoms with van der Waals surface area (Å²) in [5.74, 6) is 0.937. The molecule has 1 nitrogen and oxygen atoms in total. The van der Waals surface area contributed by atoms with Crippen molar-refractivity contribution in [3.05, 3.63) is 21.4 Å². The summed E-state index contributed by atoms with van der Waals surface area (Å²) >= 11 is 1.92. The zero-order valence-corrected chi connectivity index (χ0v) is 12.2. The van der Waals surface area contributed by atoms with Gasteiger partial charge >= 0.3 is 0 Å². The van der Waals surface area contributed by atoms with Crippen LogP contribution >= 0.6 is 11.3 Å². The molecule has 0 spiro atoms. The Hall–Kier alpha value is -0.340. The summed E-state index contributed by atoms with van der Waals surface area (Å²) in [6.45, 7) is 7.91. The minimum atomic E-state index is 0.750. The lowest BCUT2D eigenvalue weighted by Gasteiger charge is -2.16. The lowest BCUT2D eigenvalue weighted by atomic mass is 10.0. The fourth-order valence-corrected chi connectivity index (χ4v) is 3.75. The molecular weight excluding hydrogens is 226 g/mol. The Labute approximate surface area is 110 Å². The molecule has 1 aromatic rings. The van der Waals surface area contributed by atoms with Crippen LogP contribution in [-0.2, 0) is 6.54 Å². The molecule has 1 N–H and O–H groups in total. The number of hydrogen-bond donors (Lipinski definition) is 1. The molecule has 2 unspecified atom stereocenters. The van der Waals surface area contributed by atoms with Crippen LogP contribution in [-0.4, -0.2) is 6.04 Å². The second kappa shape index (κ2) is 6.01. The van der Waals surface area contributed by atoms with Gasteiger partial charge in [0, 0.05) is 22.3 Å². The molecule has 1 saturated carbocycles. The first kappa shape index (κ1) is 13.1. The van der Waals surface area contributed by atoms with Crippen molar-refractivity contribution in [2.75, 3.05) is 0 Å². The highest BCUT2D eigenvalue weighted by Crippen LogP contribution is 2.24. The molecule has 1 aliphatic rings. The number of hydrogen-bond acceptors (Lipinski definition) is 2. The minimum absolute atomic E-state index is 0.750. The number of rotatable bonds is 3. The van der Waals surface area contributed by atoms with Crippen LogP contribution < -0.4 is 5.32 Å². The maximum atomic E-state index is 3.76. The van der Waals surface area contributed by atoms with Gasteiger partial charge in [0.15, 0.2) is 0 Å². The Morgan fingerprint density at radius 2 is 2.06 bits per heavy atom. The lowest BCUT2D eigenvalue weighted by molar-refractivity contribution is 0.447. The topological polar surface area (TPSA) is 12.0 Å². The van der Waals surface area contributed by atoms with Crippen molar-refractivity contribution in [3.63, 3.8) is 0 Å². The van der Waals surface area contributed by atoms with E-state index in [0.29, 0.717) is 0 Å². The van der Waals surface area contributed by atoms with Crippen molar-refractivity contribution in [2.45, 2.75) is 65.5 Å². The van der Waals surface area contributed by atoms with Crippen LogP contribution in [0.4, 0.5) is 0 Å². The summed E-state index contributed by atoms with van der Waals surface area (Å²) in [6.07, 6.45) is 6.96. The van der Waals surface area contributed by atoms with Gasteiger partial charge < -0.3 is 5.32 Å². The third-order valence-corrected chi connectivity index (χ3v) is 4.99. The first-order valence-electron chi connectivity index (χ1n) is 6.94. The molecule has 0 saturated heterocycles. The predicted octanol–water partition coefficient (Wildman–Crippen LogP) is 4.42. The van der Waals surface area contributed by atoms with Crippen molar-refractivity contribution in [2.24, 2.45) is 5.92 Å². The van der Waals surface area contributed by atoms with Crippen molar-refractivity contribution in [3.8, 4) is 0 Å². The molecule has 0 radical (unpaired) electrons. The maximum absolute atomic E-state index is 3.76. The zero-order chi connectivity index (χ0) is 12.3. The van der Waals surface area contributed by atoms with E-state index in [2.05, 4.69) is 32.2 Å². The van der Waals surface area contributed by atoms with E-state index in [1.54, 1.807) is 0 Å². The van der Waals surface area contributed by atoms with Gasteiger partial charge in [0.05, 0.1) is 0 Å². The summed E-state index contributed by atoms with van der Waals surface area (Å²) in [5.41, 5.74) is 1.50. The van der Waals surface area contributed by atoms with Gasteiger partial charge in [-0.25, -0.2) is 0 Å². The van der Waals surface area contributed by atoms with E-state index in [-0.39, 0.29) is 0 Å². The van der Waals surface area contributed by atoms with Crippen molar-refractivity contribution >= 4 is 11.3 Å². The Morgan fingerprint density at radius 1 is 1.24 bits per heavy atom. The normalized spacial score (nSPS) is 25.8. The van der Waals surface area contributed by atoms with E-state index in [1.807, 2.05) is 11.3 Å². The molecule has 0 amide bonds. The highest BCUT2D eigenvalue weighted by molar-refractivity contribution is 7.12. The molecule has 1 fully saturated rings. The molecule has 0 aromatic carbocycles. The van der Waals surface area contributed by atoms with E-state index in [1.165, 1.54) is 47.4 Å². The van der Waals surface area contributed by atoms with Gasteiger partial charge in [0.2, 0.25) is 0 Å². The first-order valence-corrected chi connectivity index (χ1v) is 7.76. The van der Waals surface area contributed by atoms with Crippen molar-refractivity contribution < 1.29 is 0 Å². The molecule has 2 atom stereocenters. The van der Waals surface area contributed by atoms with Crippen molar-refractivity contribution in [1.82, 2.24) is 5.32 Å².